The van der Waals surface area contributed by atoms with Crippen molar-refractivity contribution in [2.24, 2.45) is 5.92 Å². The van der Waals surface area contributed by atoms with E-state index in [4.69, 9.17) is 10.00 Å². The molecule has 0 aromatic heterocycles. The molecule has 0 heterocycles. The number of nitriles is 1. The third-order valence-corrected chi connectivity index (χ3v) is 6.36. The van der Waals surface area contributed by atoms with Gasteiger partial charge in [0.05, 0.1) is 5.56 Å². The van der Waals surface area contributed by atoms with Crippen molar-refractivity contribution in [1.29, 1.82) is 5.26 Å². The monoisotopic (exact) mass is 419 g/mol. The van der Waals surface area contributed by atoms with Crippen LogP contribution in [0.25, 0.3) is 10.8 Å². The molecule has 1 aliphatic carbocycles. The second kappa shape index (κ2) is 8.85. The minimum atomic E-state index is -0.945. The fourth-order valence-corrected chi connectivity index (χ4v) is 4.44. The summed E-state index contributed by atoms with van der Waals surface area (Å²) in [4.78, 5) is 12.5. The molecule has 3 aromatic carbocycles. The van der Waals surface area contributed by atoms with Gasteiger partial charge in [-0.1, -0.05) is 25.5 Å². The number of halogens is 2. The lowest BCUT2D eigenvalue weighted by Gasteiger charge is -2.28. The Bertz CT molecular complexity index is 1160. The normalized spacial score (nSPS) is 18.5. The Hall–Kier alpha value is -3.26. The molecule has 0 N–H and O–H groups in total. The Morgan fingerprint density at radius 3 is 2.42 bits per heavy atom. The van der Waals surface area contributed by atoms with E-state index in [1.165, 1.54) is 61.9 Å². The lowest BCUT2D eigenvalue weighted by Crippen LogP contribution is -2.13. The second-order valence-corrected chi connectivity index (χ2v) is 8.18. The van der Waals surface area contributed by atoms with Gasteiger partial charge in [-0.3, -0.25) is 0 Å². The molecule has 0 atom stereocenters. The van der Waals surface area contributed by atoms with E-state index in [1.54, 1.807) is 12.1 Å². The molecule has 31 heavy (non-hydrogen) atoms. The third kappa shape index (κ3) is 4.29. The summed E-state index contributed by atoms with van der Waals surface area (Å²) in [5.41, 5.74) is 1.04. The van der Waals surface area contributed by atoms with Gasteiger partial charge in [-0.05, 0) is 84.9 Å². The maximum Gasteiger partial charge on any atom is 0.343 e. The molecular weight excluding hydrogens is 396 g/mol. The molecule has 1 fully saturated rings. The number of nitrogens with zero attached hydrogens (tertiary/aromatic N) is 1. The van der Waals surface area contributed by atoms with E-state index in [-0.39, 0.29) is 16.5 Å². The number of rotatable bonds is 4. The van der Waals surface area contributed by atoms with Gasteiger partial charge in [0.15, 0.2) is 5.82 Å². The summed E-state index contributed by atoms with van der Waals surface area (Å²) in [5, 5.41) is 9.20. The Kier molecular flexibility index (Phi) is 5.99. The molecule has 1 saturated carbocycles. The highest BCUT2D eigenvalue weighted by Crippen LogP contribution is 2.37. The summed E-state index contributed by atoms with van der Waals surface area (Å²) in [6, 6.07) is 14.3. The number of fused-ring (bicyclic) bond motifs is 1. The second-order valence-electron chi connectivity index (χ2n) is 8.18. The predicted molar refractivity (Wildman–Crippen MR) is 115 cm³/mol. The number of hydrogen-bond donors (Lipinski definition) is 0. The highest BCUT2D eigenvalue weighted by Gasteiger charge is 2.21. The minimum Gasteiger partial charge on any atom is -0.423 e. The number of ether oxygens (including phenoxy) is 1. The van der Waals surface area contributed by atoms with Crippen LogP contribution in [0, 0.1) is 28.9 Å². The van der Waals surface area contributed by atoms with E-state index in [9.17, 15) is 13.6 Å². The number of carbonyl (C=O) groups excluding carboxylic acids is 1. The number of benzene rings is 3. The third-order valence-electron chi connectivity index (χ3n) is 6.36. The number of carbonyl (C=O) groups is 1. The van der Waals surface area contributed by atoms with Crippen molar-refractivity contribution in [3.8, 4) is 11.8 Å². The largest absolute Gasteiger partial charge is 0.423 e. The maximum atomic E-state index is 14.3. The van der Waals surface area contributed by atoms with E-state index >= 15 is 0 Å². The van der Waals surface area contributed by atoms with Crippen LogP contribution >= 0.6 is 0 Å². The van der Waals surface area contributed by atoms with E-state index < -0.39 is 23.2 Å². The fourth-order valence-electron chi connectivity index (χ4n) is 4.44. The average Bonchev–Trinajstić information content (AvgIpc) is 2.79. The van der Waals surface area contributed by atoms with Crippen molar-refractivity contribution in [2.75, 3.05) is 0 Å². The molecule has 1 aliphatic rings. The summed E-state index contributed by atoms with van der Waals surface area (Å²) in [5.74, 6) is -0.839. The van der Waals surface area contributed by atoms with Crippen LogP contribution in [0.1, 0.15) is 66.4 Å². The zero-order valence-electron chi connectivity index (χ0n) is 17.3. The fraction of sp³-hybridized carbons (Fsp3) is 0.308. The SMILES string of the molecule is CCC1CCC(c2ccc(C(=O)Oc3ccc4c(F)c(C#N)c(F)cc4c3)cc2)CC1. The molecule has 3 aromatic rings. The van der Waals surface area contributed by atoms with Gasteiger partial charge in [-0.15, -0.1) is 0 Å². The molecule has 158 valence electrons. The standard InChI is InChI=1S/C26H23F2NO2/c1-2-16-3-5-17(6-4-16)18-7-9-19(10-8-18)26(30)31-21-11-12-22-20(13-21)14-24(27)23(15-29)25(22)28/h7-14,16-17H,2-6H2,1H3. The predicted octanol–water partition coefficient (Wildman–Crippen LogP) is 6.89. The van der Waals surface area contributed by atoms with Gasteiger partial charge in [-0.2, -0.15) is 5.26 Å². The first-order chi connectivity index (χ1) is 15.0. The van der Waals surface area contributed by atoms with Crippen LogP contribution < -0.4 is 4.74 Å². The van der Waals surface area contributed by atoms with Gasteiger partial charge in [0.2, 0.25) is 0 Å². The summed E-state index contributed by atoms with van der Waals surface area (Å²) in [6.07, 6.45) is 6.11. The van der Waals surface area contributed by atoms with Gasteiger partial charge in [0, 0.05) is 5.39 Å². The lowest BCUT2D eigenvalue weighted by atomic mass is 9.78. The van der Waals surface area contributed by atoms with Crippen LogP contribution in [0.2, 0.25) is 0 Å². The Morgan fingerprint density at radius 1 is 1.06 bits per heavy atom. The van der Waals surface area contributed by atoms with Crippen molar-refractivity contribution >= 4 is 16.7 Å². The molecule has 0 unspecified atom stereocenters. The van der Waals surface area contributed by atoms with Gasteiger partial charge in [0.1, 0.15) is 23.2 Å². The first-order valence-corrected chi connectivity index (χ1v) is 10.6. The first-order valence-electron chi connectivity index (χ1n) is 10.6. The van der Waals surface area contributed by atoms with Crippen molar-refractivity contribution in [1.82, 2.24) is 0 Å². The summed E-state index contributed by atoms with van der Waals surface area (Å²) >= 11 is 0. The Morgan fingerprint density at radius 2 is 1.77 bits per heavy atom. The maximum absolute atomic E-state index is 14.3. The molecule has 0 spiro atoms. The van der Waals surface area contributed by atoms with E-state index in [0.29, 0.717) is 11.5 Å². The van der Waals surface area contributed by atoms with E-state index in [2.05, 4.69) is 6.92 Å². The summed E-state index contributed by atoms with van der Waals surface area (Å²) < 4.78 is 33.6. The Labute approximate surface area is 180 Å². The highest BCUT2D eigenvalue weighted by atomic mass is 19.1. The van der Waals surface area contributed by atoms with E-state index in [1.807, 2.05) is 12.1 Å². The van der Waals surface area contributed by atoms with Crippen LogP contribution in [0.5, 0.6) is 5.75 Å². The van der Waals surface area contributed by atoms with Gasteiger partial charge in [0.25, 0.3) is 0 Å². The zero-order valence-corrected chi connectivity index (χ0v) is 17.3. The molecule has 0 bridgehead atoms. The molecular formula is C26H23F2NO2. The van der Waals surface area contributed by atoms with Crippen molar-refractivity contribution in [3.63, 3.8) is 0 Å². The average molecular weight is 419 g/mol. The smallest absolute Gasteiger partial charge is 0.343 e. The molecule has 5 heteroatoms. The van der Waals surface area contributed by atoms with Gasteiger partial charge in [-0.25, -0.2) is 13.6 Å². The van der Waals surface area contributed by atoms with Crippen LogP contribution in [0.4, 0.5) is 8.78 Å². The zero-order chi connectivity index (χ0) is 22.0. The van der Waals surface area contributed by atoms with Crippen LogP contribution in [-0.2, 0) is 0 Å². The Balaban J connectivity index is 1.48. The topological polar surface area (TPSA) is 50.1 Å². The van der Waals surface area contributed by atoms with E-state index in [0.717, 1.165) is 12.0 Å². The van der Waals surface area contributed by atoms with Crippen molar-refractivity contribution in [3.05, 3.63) is 76.9 Å². The summed E-state index contributed by atoms with van der Waals surface area (Å²) in [6.45, 7) is 2.25. The van der Waals surface area contributed by atoms with Crippen LogP contribution in [0.15, 0.2) is 48.5 Å². The van der Waals surface area contributed by atoms with Gasteiger partial charge < -0.3 is 4.74 Å². The quantitative estimate of drug-likeness (QED) is 0.342. The highest BCUT2D eigenvalue weighted by molar-refractivity contribution is 5.92. The molecule has 4 rings (SSSR count). The number of esters is 1. The molecule has 0 aliphatic heterocycles. The van der Waals surface area contributed by atoms with Crippen LogP contribution in [-0.4, -0.2) is 5.97 Å². The van der Waals surface area contributed by atoms with Crippen LogP contribution in [0.3, 0.4) is 0 Å². The van der Waals surface area contributed by atoms with Gasteiger partial charge >= 0.3 is 5.97 Å². The molecule has 0 amide bonds. The molecule has 0 saturated heterocycles. The first kappa shape index (κ1) is 21.0. The lowest BCUT2D eigenvalue weighted by molar-refractivity contribution is 0.0735. The minimum absolute atomic E-state index is 0.0971. The molecule has 3 nitrogen and oxygen atoms in total. The molecule has 0 radical (unpaired) electrons. The van der Waals surface area contributed by atoms with Crippen molar-refractivity contribution in [2.45, 2.75) is 44.9 Å². The number of hydrogen-bond acceptors (Lipinski definition) is 3. The summed E-state index contributed by atoms with van der Waals surface area (Å²) in [7, 11) is 0. The van der Waals surface area contributed by atoms with Crippen molar-refractivity contribution < 1.29 is 18.3 Å².